The van der Waals surface area contributed by atoms with Gasteiger partial charge in [-0.1, -0.05) is 32.6 Å². The Morgan fingerprint density at radius 1 is 1.12 bits per heavy atom. The number of unbranched alkanes of at least 4 members (excludes halogenated alkanes) is 1. The zero-order valence-corrected chi connectivity index (χ0v) is 14.5. The van der Waals surface area contributed by atoms with Crippen LogP contribution >= 0.6 is 0 Å². The number of amides is 3. The summed E-state index contributed by atoms with van der Waals surface area (Å²) in [4.78, 5) is 35.6. The molecule has 138 valence electrons. The average molecular weight is 343 g/mol. The number of hydrogen-bond acceptors (Lipinski definition) is 4. The summed E-state index contributed by atoms with van der Waals surface area (Å²) >= 11 is 0. The van der Waals surface area contributed by atoms with Crippen molar-refractivity contribution in [2.24, 2.45) is 0 Å². The maximum absolute atomic E-state index is 12.6. The normalized spacial score (nSPS) is 19.0. The van der Waals surface area contributed by atoms with E-state index in [4.69, 9.17) is 5.11 Å². The third-order valence-electron chi connectivity index (χ3n) is 4.36. The van der Waals surface area contributed by atoms with E-state index in [1.165, 1.54) is 0 Å². The first kappa shape index (κ1) is 20.2. The Morgan fingerprint density at radius 2 is 1.75 bits per heavy atom. The van der Waals surface area contributed by atoms with Crippen molar-refractivity contribution in [2.75, 3.05) is 13.1 Å². The zero-order valence-electron chi connectivity index (χ0n) is 14.5. The van der Waals surface area contributed by atoms with Gasteiger partial charge in [0.15, 0.2) is 5.60 Å². The molecule has 1 atom stereocenters. The SMILES string of the molecule is CCCCNC(=O)NC1(C(=O)NCC(C)(O)C(=O)O)CCCCC1. The Morgan fingerprint density at radius 3 is 2.29 bits per heavy atom. The molecule has 5 N–H and O–H groups in total. The standard InChI is InChI=1S/C16H29N3O5/c1-3-4-10-17-14(23)19-16(8-6-5-7-9-16)12(20)18-11-15(2,24)13(21)22/h24H,3-11H2,1-2H3,(H,18,20)(H,21,22)(H2,17,19,23). The Hall–Kier alpha value is -1.83. The van der Waals surface area contributed by atoms with Crippen molar-refractivity contribution < 1.29 is 24.6 Å². The van der Waals surface area contributed by atoms with Gasteiger partial charge < -0.3 is 26.2 Å². The number of urea groups is 1. The van der Waals surface area contributed by atoms with Crippen LogP contribution in [0.5, 0.6) is 0 Å². The summed E-state index contributed by atoms with van der Waals surface area (Å²) in [6, 6.07) is -0.398. The molecule has 0 aromatic heterocycles. The van der Waals surface area contributed by atoms with Gasteiger partial charge in [0.25, 0.3) is 0 Å². The minimum Gasteiger partial charge on any atom is -0.479 e. The molecular weight excluding hydrogens is 314 g/mol. The second-order valence-corrected chi connectivity index (χ2v) is 6.64. The second-order valence-electron chi connectivity index (χ2n) is 6.64. The van der Waals surface area contributed by atoms with Crippen LogP contribution in [-0.2, 0) is 9.59 Å². The van der Waals surface area contributed by atoms with Crippen LogP contribution in [0.25, 0.3) is 0 Å². The second kappa shape index (κ2) is 8.86. The van der Waals surface area contributed by atoms with Gasteiger partial charge in [-0.2, -0.15) is 0 Å². The van der Waals surface area contributed by atoms with Gasteiger partial charge in [0, 0.05) is 6.54 Å². The van der Waals surface area contributed by atoms with Gasteiger partial charge in [0.1, 0.15) is 5.54 Å². The van der Waals surface area contributed by atoms with Gasteiger partial charge in [-0.3, -0.25) is 4.79 Å². The molecule has 0 saturated heterocycles. The molecule has 3 amide bonds. The van der Waals surface area contributed by atoms with E-state index >= 15 is 0 Å². The van der Waals surface area contributed by atoms with Gasteiger partial charge in [0.05, 0.1) is 6.54 Å². The number of nitrogens with one attached hydrogen (secondary N) is 3. The summed E-state index contributed by atoms with van der Waals surface area (Å²) in [7, 11) is 0. The summed E-state index contributed by atoms with van der Waals surface area (Å²) in [6.45, 7) is 3.26. The summed E-state index contributed by atoms with van der Waals surface area (Å²) in [6.07, 6.45) is 5.39. The topological polar surface area (TPSA) is 128 Å². The Kier molecular flexibility index (Phi) is 7.47. The molecule has 0 bridgehead atoms. The highest BCUT2D eigenvalue weighted by atomic mass is 16.4. The van der Waals surface area contributed by atoms with Crippen LogP contribution < -0.4 is 16.0 Å². The Balaban J connectivity index is 2.70. The summed E-state index contributed by atoms with van der Waals surface area (Å²) in [5.41, 5.74) is -3.10. The number of carboxylic acid groups (broad SMARTS) is 1. The van der Waals surface area contributed by atoms with Crippen molar-refractivity contribution in [3.8, 4) is 0 Å². The molecule has 1 unspecified atom stereocenters. The van der Waals surface area contributed by atoms with Crippen LogP contribution in [0.1, 0.15) is 58.8 Å². The molecule has 0 heterocycles. The van der Waals surface area contributed by atoms with Crippen LogP contribution in [0.2, 0.25) is 0 Å². The summed E-state index contributed by atoms with van der Waals surface area (Å²) < 4.78 is 0. The molecule has 0 spiro atoms. The zero-order chi connectivity index (χ0) is 18.2. The van der Waals surface area contributed by atoms with Crippen molar-refractivity contribution in [1.29, 1.82) is 0 Å². The summed E-state index contributed by atoms with van der Waals surface area (Å²) in [5.74, 6) is -1.86. The first-order chi connectivity index (χ1) is 11.2. The summed E-state index contributed by atoms with van der Waals surface area (Å²) in [5, 5.41) is 26.6. The minimum absolute atomic E-state index is 0.398. The van der Waals surface area contributed by atoms with Crippen LogP contribution in [0, 0.1) is 0 Å². The van der Waals surface area contributed by atoms with E-state index in [9.17, 15) is 19.5 Å². The van der Waals surface area contributed by atoms with E-state index in [0.29, 0.717) is 19.4 Å². The number of carbonyl (C=O) groups is 3. The smallest absolute Gasteiger partial charge is 0.337 e. The largest absolute Gasteiger partial charge is 0.479 e. The highest BCUT2D eigenvalue weighted by molar-refractivity contribution is 5.91. The first-order valence-electron chi connectivity index (χ1n) is 8.53. The lowest BCUT2D eigenvalue weighted by atomic mass is 9.80. The molecule has 8 heteroatoms. The first-order valence-corrected chi connectivity index (χ1v) is 8.53. The molecule has 24 heavy (non-hydrogen) atoms. The molecule has 1 rings (SSSR count). The third kappa shape index (κ3) is 5.67. The van der Waals surface area contributed by atoms with Gasteiger partial charge in [-0.15, -0.1) is 0 Å². The maximum atomic E-state index is 12.6. The number of hydrogen-bond donors (Lipinski definition) is 5. The monoisotopic (exact) mass is 343 g/mol. The van der Waals surface area contributed by atoms with Crippen molar-refractivity contribution in [1.82, 2.24) is 16.0 Å². The highest BCUT2D eigenvalue weighted by Gasteiger charge is 2.42. The van der Waals surface area contributed by atoms with E-state index in [2.05, 4.69) is 16.0 Å². The van der Waals surface area contributed by atoms with Crippen molar-refractivity contribution >= 4 is 17.9 Å². The fraction of sp³-hybridized carbons (Fsp3) is 0.812. The Bertz CT molecular complexity index is 459. The average Bonchev–Trinajstić information content (AvgIpc) is 2.53. The lowest BCUT2D eigenvalue weighted by molar-refractivity contribution is -0.156. The van der Waals surface area contributed by atoms with Crippen molar-refractivity contribution in [2.45, 2.75) is 69.9 Å². The van der Waals surface area contributed by atoms with Crippen LogP contribution in [-0.4, -0.2) is 52.4 Å². The molecule has 0 aromatic rings. The number of aliphatic hydroxyl groups is 1. The molecule has 0 aliphatic heterocycles. The molecule has 1 saturated carbocycles. The predicted molar refractivity (Wildman–Crippen MR) is 88.5 cm³/mol. The number of carbonyl (C=O) groups excluding carboxylic acids is 2. The molecule has 1 aliphatic rings. The molecule has 0 radical (unpaired) electrons. The number of rotatable bonds is 8. The van der Waals surface area contributed by atoms with Gasteiger partial charge in [0.2, 0.25) is 5.91 Å². The van der Waals surface area contributed by atoms with E-state index in [0.717, 1.165) is 39.0 Å². The van der Waals surface area contributed by atoms with Crippen LogP contribution in [0.3, 0.4) is 0 Å². The van der Waals surface area contributed by atoms with E-state index in [-0.39, 0.29) is 0 Å². The number of aliphatic carboxylic acids is 1. The Labute approximate surface area is 142 Å². The molecular formula is C16H29N3O5. The lowest BCUT2D eigenvalue weighted by Crippen LogP contribution is -2.63. The predicted octanol–water partition coefficient (Wildman–Crippen LogP) is 0.740. The number of carboxylic acids is 1. The molecule has 0 aromatic carbocycles. The van der Waals surface area contributed by atoms with Gasteiger partial charge in [-0.05, 0) is 26.2 Å². The fourth-order valence-electron chi connectivity index (χ4n) is 2.70. The van der Waals surface area contributed by atoms with E-state index < -0.39 is 35.6 Å². The molecule has 8 nitrogen and oxygen atoms in total. The van der Waals surface area contributed by atoms with Crippen LogP contribution in [0.15, 0.2) is 0 Å². The molecule has 1 fully saturated rings. The quantitative estimate of drug-likeness (QED) is 0.415. The third-order valence-corrected chi connectivity index (χ3v) is 4.36. The maximum Gasteiger partial charge on any atom is 0.337 e. The molecule has 1 aliphatic carbocycles. The van der Waals surface area contributed by atoms with Gasteiger partial charge >= 0.3 is 12.0 Å². The van der Waals surface area contributed by atoms with Gasteiger partial charge in [-0.25, -0.2) is 9.59 Å². The lowest BCUT2D eigenvalue weighted by Gasteiger charge is -2.37. The highest BCUT2D eigenvalue weighted by Crippen LogP contribution is 2.28. The fourth-order valence-corrected chi connectivity index (χ4v) is 2.70. The van der Waals surface area contributed by atoms with Crippen molar-refractivity contribution in [3.05, 3.63) is 0 Å². The van der Waals surface area contributed by atoms with E-state index in [1.807, 2.05) is 6.92 Å². The van der Waals surface area contributed by atoms with E-state index in [1.54, 1.807) is 0 Å². The van der Waals surface area contributed by atoms with Crippen molar-refractivity contribution in [3.63, 3.8) is 0 Å². The minimum atomic E-state index is -2.05. The van der Waals surface area contributed by atoms with Crippen LogP contribution in [0.4, 0.5) is 4.79 Å².